The van der Waals surface area contributed by atoms with Crippen molar-refractivity contribution in [2.75, 3.05) is 12.0 Å². The predicted octanol–water partition coefficient (Wildman–Crippen LogP) is 4.98. The zero-order valence-corrected chi connectivity index (χ0v) is 21.7. The Balaban J connectivity index is 1.58. The standard InChI is InChI=1S/C27H20IN5O4/c1-2-36-22-14-17(13-21(28)24(22)37-26(35)19-11-7-4-8-12-19)16-30-33-27-31-23(18-9-5-3-6-10-18)20(15-29)25(34)32-27/h3-14,16H,2H2,1H3,(H2,31,32,33,34). The van der Waals surface area contributed by atoms with E-state index in [0.29, 0.717) is 38.4 Å². The van der Waals surface area contributed by atoms with Crippen LogP contribution in [0.5, 0.6) is 11.5 Å². The third-order valence-electron chi connectivity index (χ3n) is 5.00. The van der Waals surface area contributed by atoms with Gasteiger partial charge >= 0.3 is 5.97 Å². The highest BCUT2D eigenvalue weighted by Gasteiger charge is 2.17. The molecular weight excluding hydrogens is 585 g/mol. The van der Waals surface area contributed by atoms with Crippen LogP contribution in [0.25, 0.3) is 11.3 Å². The highest BCUT2D eigenvalue weighted by Crippen LogP contribution is 2.34. The Labute approximate surface area is 225 Å². The van der Waals surface area contributed by atoms with Crippen molar-refractivity contribution in [2.24, 2.45) is 5.10 Å². The van der Waals surface area contributed by atoms with E-state index in [1.165, 1.54) is 6.21 Å². The zero-order valence-electron chi connectivity index (χ0n) is 19.6. The van der Waals surface area contributed by atoms with Crippen molar-refractivity contribution in [3.05, 3.63) is 103 Å². The molecule has 0 amide bonds. The van der Waals surface area contributed by atoms with Crippen LogP contribution < -0.4 is 20.5 Å². The predicted molar refractivity (Wildman–Crippen MR) is 148 cm³/mol. The molecule has 184 valence electrons. The fraction of sp³-hybridized carbons (Fsp3) is 0.0741. The minimum Gasteiger partial charge on any atom is -0.490 e. The molecule has 3 aromatic carbocycles. The molecule has 0 aliphatic heterocycles. The van der Waals surface area contributed by atoms with Gasteiger partial charge < -0.3 is 9.47 Å². The van der Waals surface area contributed by atoms with Gasteiger partial charge in [-0.1, -0.05) is 48.5 Å². The van der Waals surface area contributed by atoms with Crippen LogP contribution in [-0.2, 0) is 0 Å². The Kier molecular flexibility index (Phi) is 8.27. The molecule has 2 N–H and O–H groups in total. The van der Waals surface area contributed by atoms with Crippen LogP contribution in [-0.4, -0.2) is 28.8 Å². The number of hydrogen-bond acceptors (Lipinski definition) is 8. The third-order valence-corrected chi connectivity index (χ3v) is 5.80. The lowest BCUT2D eigenvalue weighted by Gasteiger charge is -2.13. The summed E-state index contributed by atoms with van der Waals surface area (Å²) in [5, 5.41) is 13.6. The lowest BCUT2D eigenvalue weighted by Crippen LogP contribution is -2.16. The largest absolute Gasteiger partial charge is 0.490 e. The zero-order chi connectivity index (χ0) is 26.2. The Morgan fingerprint density at radius 1 is 1.16 bits per heavy atom. The van der Waals surface area contributed by atoms with Crippen LogP contribution >= 0.6 is 22.6 Å². The minimum atomic E-state index is -0.577. The molecule has 0 atom stereocenters. The van der Waals surface area contributed by atoms with Crippen LogP contribution in [0.1, 0.15) is 28.4 Å². The molecule has 1 heterocycles. The van der Waals surface area contributed by atoms with Gasteiger partial charge in [-0.2, -0.15) is 10.4 Å². The fourth-order valence-electron chi connectivity index (χ4n) is 3.35. The molecule has 0 spiro atoms. The summed E-state index contributed by atoms with van der Waals surface area (Å²) in [6.45, 7) is 2.19. The van der Waals surface area contributed by atoms with E-state index in [2.05, 4.69) is 43.1 Å². The SMILES string of the molecule is CCOc1cc(C=NNc2nc(-c3ccccc3)c(C#N)c(=O)[nH]2)cc(I)c1OC(=O)c1ccccc1. The lowest BCUT2D eigenvalue weighted by molar-refractivity contribution is 0.0727. The number of nitrogens with zero attached hydrogens (tertiary/aromatic N) is 3. The molecule has 1 aromatic heterocycles. The maximum Gasteiger partial charge on any atom is 0.343 e. The Bertz CT molecular complexity index is 1550. The number of carbonyl (C=O) groups excluding carboxylic acids is 1. The number of hydrazone groups is 1. The number of halogens is 1. The molecule has 4 aromatic rings. The van der Waals surface area contributed by atoms with Gasteiger partial charge in [0.1, 0.15) is 11.6 Å². The van der Waals surface area contributed by atoms with E-state index in [1.807, 2.05) is 25.1 Å². The molecule has 0 saturated carbocycles. The first kappa shape index (κ1) is 25.6. The van der Waals surface area contributed by atoms with E-state index in [9.17, 15) is 14.9 Å². The molecular formula is C27H20IN5O4. The summed E-state index contributed by atoms with van der Waals surface area (Å²) >= 11 is 2.06. The van der Waals surface area contributed by atoms with E-state index >= 15 is 0 Å². The Morgan fingerprint density at radius 3 is 2.54 bits per heavy atom. The normalized spacial score (nSPS) is 10.6. The first-order chi connectivity index (χ1) is 18.0. The summed E-state index contributed by atoms with van der Waals surface area (Å²) in [6, 6.07) is 23.0. The molecule has 0 aliphatic rings. The van der Waals surface area contributed by atoms with Gasteiger partial charge in [-0.25, -0.2) is 15.2 Å². The number of H-pyrrole nitrogens is 1. The summed E-state index contributed by atoms with van der Waals surface area (Å²) in [4.78, 5) is 31.9. The van der Waals surface area contributed by atoms with E-state index < -0.39 is 11.5 Å². The van der Waals surface area contributed by atoms with Gasteiger partial charge in [-0.3, -0.25) is 9.78 Å². The highest BCUT2D eigenvalue weighted by molar-refractivity contribution is 14.1. The van der Waals surface area contributed by atoms with Crippen LogP contribution in [0.3, 0.4) is 0 Å². The first-order valence-electron chi connectivity index (χ1n) is 11.1. The summed E-state index contributed by atoms with van der Waals surface area (Å²) in [5.74, 6) is 0.281. The van der Waals surface area contributed by atoms with Crippen molar-refractivity contribution in [3.63, 3.8) is 0 Å². The number of ether oxygens (including phenoxy) is 2. The van der Waals surface area contributed by atoms with Gasteiger partial charge in [-0.05, 0) is 59.3 Å². The van der Waals surface area contributed by atoms with Crippen molar-refractivity contribution >= 4 is 40.7 Å². The van der Waals surface area contributed by atoms with Crippen molar-refractivity contribution in [3.8, 4) is 28.8 Å². The number of hydrogen-bond donors (Lipinski definition) is 2. The number of carbonyl (C=O) groups is 1. The van der Waals surface area contributed by atoms with Gasteiger partial charge in [0.25, 0.3) is 5.56 Å². The minimum absolute atomic E-state index is 0.0762. The number of benzene rings is 3. The quantitative estimate of drug-likeness (QED) is 0.0954. The van der Waals surface area contributed by atoms with Gasteiger partial charge in [0.2, 0.25) is 5.95 Å². The lowest BCUT2D eigenvalue weighted by atomic mass is 10.1. The Hall–Kier alpha value is -4.50. The second kappa shape index (κ2) is 12.0. The topological polar surface area (TPSA) is 129 Å². The van der Waals surface area contributed by atoms with Crippen molar-refractivity contribution < 1.29 is 14.3 Å². The molecule has 0 saturated heterocycles. The molecule has 10 heteroatoms. The molecule has 0 aliphatic carbocycles. The van der Waals surface area contributed by atoms with Gasteiger partial charge in [-0.15, -0.1) is 0 Å². The summed E-state index contributed by atoms with van der Waals surface area (Å²) in [7, 11) is 0. The highest BCUT2D eigenvalue weighted by atomic mass is 127. The van der Waals surface area contributed by atoms with E-state index in [0.717, 1.165) is 0 Å². The third kappa shape index (κ3) is 6.20. The van der Waals surface area contributed by atoms with E-state index in [4.69, 9.17) is 9.47 Å². The molecule has 0 radical (unpaired) electrons. The summed E-state index contributed by atoms with van der Waals surface area (Å²) in [5.41, 5.74) is 4.00. The number of nitriles is 1. The average Bonchev–Trinajstić information content (AvgIpc) is 2.91. The molecule has 0 unspecified atom stereocenters. The van der Waals surface area contributed by atoms with Crippen LogP contribution in [0.4, 0.5) is 5.95 Å². The second-order valence-corrected chi connectivity index (χ2v) is 8.67. The number of aromatic nitrogens is 2. The van der Waals surface area contributed by atoms with Gasteiger partial charge in [0, 0.05) is 5.56 Å². The maximum atomic E-state index is 12.6. The van der Waals surface area contributed by atoms with Crippen LogP contribution in [0.2, 0.25) is 0 Å². The molecule has 0 fully saturated rings. The molecule has 9 nitrogen and oxygen atoms in total. The smallest absolute Gasteiger partial charge is 0.343 e. The van der Waals surface area contributed by atoms with Crippen LogP contribution in [0.15, 0.2) is 82.7 Å². The van der Waals surface area contributed by atoms with Crippen molar-refractivity contribution in [1.82, 2.24) is 9.97 Å². The number of nitrogens with one attached hydrogen (secondary N) is 2. The van der Waals surface area contributed by atoms with E-state index in [1.54, 1.807) is 60.7 Å². The fourth-order valence-corrected chi connectivity index (χ4v) is 4.09. The van der Waals surface area contributed by atoms with Gasteiger partial charge in [0.05, 0.1) is 27.6 Å². The summed E-state index contributed by atoms with van der Waals surface area (Å²) < 4.78 is 12.0. The Morgan fingerprint density at radius 2 is 1.86 bits per heavy atom. The van der Waals surface area contributed by atoms with E-state index in [-0.39, 0.29) is 17.2 Å². The van der Waals surface area contributed by atoms with Gasteiger partial charge in [0.15, 0.2) is 11.5 Å². The van der Waals surface area contributed by atoms with Crippen molar-refractivity contribution in [1.29, 1.82) is 5.26 Å². The molecule has 37 heavy (non-hydrogen) atoms. The number of rotatable bonds is 8. The average molecular weight is 605 g/mol. The first-order valence-corrected chi connectivity index (χ1v) is 12.2. The summed E-state index contributed by atoms with van der Waals surface area (Å²) in [6.07, 6.45) is 1.51. The molecule has 0 bridgehead atoms. The number of anilines is 1. The van der Waals surface area contributed by atoms with Crippen LogP contribution in [0, 0.1) is 14.9 Å². The second-order valence-electron chi connectivity index (χ2n) is 7.50. The monoisotopic (exact) mass is 605 g/mol. The maximum absolute atomic E-state index is 12.6. The molecule has 4 rings (SSSR count). The number of aromatic amines is 1. The number of esters is 1. The van der Waals surface area contributed by atoms with Crippen molar-refractivity contribution in [2.45, 2.75) is 6.92 Å².